The number of nitrogens with zero attached hydrogens (tertiary/aromatic N) is 2. The molecule has 1 N–H and O–H groups in total. The highest BCUT2D eigenvalue weighted by Gasteiger charge is 2.21. The quantitative estimate of drug-likeness (QED) is 0.897. The van der Waals surface area contributed by atoms with Crippen molar-refractivity contribution in [2.75, 3.05) is 12.4 Å². The van der Waals surface area contributed by atoms with Crippen LogP contribution >= 0.6 is 0 Å². The molecule has 2 rings (SSSR count). The van der Waals surface area contributed by atoms with Crippen molar-refractivity contribution in [3.05, 3.63) is 41.0 Å². The average Bonchev–Trinajstić information content (AvgIpc) is 2.36. The Morgan fingerprint density at radius 2 is 1.71 bits per heavy atom. The van der Waals surface area contributed by atoms with Crippen molar-refractivity contribution in [1.82, 2.24) is 9.97 Å². The summed E-state index contributed by atoms with van der Waals surface area (Å²) < 4.78 is 13.7. The number of aryl methyl sites for hydroxylation is 1. The molecule has 4 heteroatoms. The lowest BCUT2D eigenvalue weighted by Crippen LogP contribution is -2.18. The van der Waals surface area contributed by atoms with Crippen molar-refractivity contribution in [3.63, 3.8) is 0 Å². The molecule has 0 aliphatic carbocycles. The van der Waals surface area contributed by atoms with E-state index in [0.29, 0.717) is 0 Å². The smallest absolute Gasteiger partial charge is 0.136 e. The van der Waals surface area contributed by atoms with E-state index in [0.717, 1.165) is 34.0 Å². The normalized spacial score (nSPS) is 11.6. The largest absolute Gasteiger partial charge is 0.373 e. The number of rotatable bonds is 2. The lowest BCUT2D eigenvalue weighted by Gasteiger charge is -2.20. The molecule has 0 aliphatic heterocycles. The summed E-state index contributed by atoms with van der Waals surface area (Å²) in [5.74, 6) is 1.28. The predicted octanol–water partition coefficient (Wildman–Crippen LogP) is 4.24. The SMILES string of the molecule is CNc1nc(C(C)(C)C)nc(-c2cc(C)cc(F)c2)c1C. The van der Waals surface area contributed by atoms with E-state index in [1.165, 1.54) is 12.1 Å². The van der Waals surface area contributed by atoms with Crippen LogP contribution in [0.25, 0.3) is 11.3 Å². The molecule has 0 amide bonds. The fourth-order valence-corrected chi connectivity index (χ4v) is 2.25. The van der Waals surface area contributed by atoms with Gasteiger partial charge in [0.25, 0.3) is 0 Å². The first kappa shape index (κ1) is 15.4. The fourth-order valence-electron chi connectivity index (χ4n) is 2.25. The van der Waals surface area contributed by atoms with Gasteiger partial charge >= 0.3 is 0 Å². The lowest BCUT2D eigenvalue weighted by atomic mass is 9.94. The number of halogens is 1. The molecule has 2 aromatic rings. The van der Waals surface area contributed by atoms with E-state index in [1.807, 2.05) is 27.0 Å². The van der Waals surface area contributed by atoms with Crippen LogP contribution in [0.1, 0.15) is 37.7 Å². The Morgan fingerprint density at radius 3 is 2.24 bits per heavy atom. The van der Waals surface area contributed by atoms with Gasteiger partial charge in [0.05, 0.1) is 5.69 Å². The van der Waals surface area contributed by atoms with Gasteiger partial charge in [-0.05, 0) is 37.6 Å². The van der Waals surface area contributed by atoms with Crippen LogP contribution in [-0.4, -0.2) is 17.0 Å². The van der Waals surface area contributed by atoms with E-state index in [2.05, 4.69) is 36.1 Å². The van der Waals surface area contributed by atoms with Gasteiger partial charge in [-0.3, -0.25) is 0 Å². The average molecular weight is 287 g/mol. The minimum absolute atomic E-state index is 0.170. The van der Waals surface area contributed by atoms with Crippen molar-refractivity contribution < 1.29 is 4.39 Å². The molecular formula is C17H22FN3. The molecule has 0 radical (unpaired) electrons. The molecular weight excluding hydrogens is 265 g/mol. The first-order chi connectivity index (χ1) is 9.72. The molecule has 0 saturated carbocycles. The highest BCUT2D eigenvalue weighted by atomic mass is 19.1. The van der Waals surface area contributed by atoms with E-state index in [-0.39, 0.29) is 11.2 Å². The first-order valence-electron chi connectivity index (χ1n) is 7.07. The van der Waals surface area contributed by atoms with Gasteiger partial charge in [-0.15, -0.1) is 0 Å². The van der Waals surface area contributed by atoms with Crippen molar-refractivity contribution in [2.45, 2.75) is 40.0 Å². The zero-order valence-electron chi connectivity index (χ0n) is 13.5. The van der Waals surface area contributed by atoms with E-state index in [1.54, 1.807) is 0 Å². The standard InChI is InChI=1S/C17H22FN3/c1-10-7-12(9-13(18)8-10)14-11(2)15(19-6)21-16(20-14)17(3,4)5/h7-9H,1-6H3,(H,19,20,21). The monoisotopic (exact) mass is 287 g/mol. The summed E-state index contributed by atoms with van der Waals surface area (Å²) in [6.07, 6.45) is 0. The fraction of sp³-hybridized carbons (Fsp3) is 0.412. The second-order valence-electron chi connectivity index (χ2n) is 6.39. The lowest BCUT2D eigenvalue weighted by molar-refractivity contribution is 0.546. The minimum Gasteiger partial charge on any atom is -0.373 e. The van der Waals surface area contributed by atoms with E-state index in [4.69, 9.17) is 0 Å². The molecule has 0 bridgehead atoms. The molecule has 1 aromatic carbocycles. The third-order valence-corrected chi connectivity index (χ3v) is 3.37. The van der Waals surface area contributed by atoms with Gasteiger partial charge in [-0.25, -0.2) is 14.4 Å². The Labute approximate surface area is 125 Å². The Balaban J connectivity index is 2.72. The Morgan fingerprint density at radius 1 is 1.05 bits per heavy atom. The molecule has 0 spiro atoms. The molecule has 0 saturated heterocycles. The first-order valence-corrected chi connectivity index (χ1v) is 7.07. The molecule has 0 unspecified atom stereocenters. The number of hydrogen-bond acceptors (Lipinski definition) is 3. The molecule has 0 atom stereocenters. The minimum atomic E-state index is -0.244. The summed E-state index contributed by atoms with van der Waals surface area (Å²) in [4.78, 5) is 9.26. The van der Waals surface area contributed by atoms with Crippen molar-refractivity contribution >= 4 is 5.82 Å². The van der Waals surface area contributed by atoms with E-state index < -0.39 is 0 Å². The third-order valence-electron chi connectivity index (χ3n) is 3.37. The predicted molar refractivity (Wildman–Crippen MR) is 85.1 cm³/mol. The van der Waals surface area contributed by atoms with Crippen LogP contribution in [-0.2, 0) is 5.41 Å². The molecule has 3 nitrogen and oxygen atoms in total. The topological polar surface area (TPSA) is 37.8 Å². The van der Waals surface area contributed by atoms with E-state index >= 15 is 0 Å². The zero-order valence-corrected chi connectivity index (χ0v) is 13.5. The van der Waals surface area contributed by atoms with Gasteiger partial charge in [0.2, 0.25) is 0 Å². The Kier molecular flexibility index (Phi) is 3.99. The van der Waals surface area contributed by atoms with Crippen LogP contribution in [0.15, 0.2) is 18.2 Å². The van der Waals surface area contributed by atoms with Gasteiger partial charge in [0, 0.05) is 23.6 Å². The highest BCUT2D eigenvalue weighted by molar-refractivity contribution is 5.69. The van der Waals surface area contributed by atoms with Crippen molar-refractivity contribution in [2.24, 2.45) is 0 Å². The summed E-state index contributed by atoms with van der Waals surface area (Å²) in [6, 6.07) is 4.99. The van der Waals surface area contributed by atoms with Gasteiger partial charge < -0.3 is 5.32 Å². The highest BCUT2D eigenvalue weighted by Crippen LogP contribution is 2.30. The van der Waals surface area contributed by atoms with Crippen LogP contribution in [0.5, 0.6) is 0 Å². The van der Waals surface area contributed by atoms with Crippen LogP contribution in [0.2, 0.25) is 0 Å². The zero-order chi connectivity index (χ0) is 15.8. The van der Waals surface area contributed by atoms with Gasteiger partial charge in [-0.1, -0.05) is 20.8 Å². The number of benzene rings is 1. The molecule has 1 aromatic heterocycles. The third kappa shape index (κ3) is 3.20. The second-order valence-corrected chi connectivity index (χ2v) is 6.39. The van der Waals surface area contributed by atoms with Gasteiger partial charge in [-0.2, -0.15) is 0 Å². The summed E-state index contributed by atoms with van der Waals surface area (Å²) in [5.41, 5.74) is 3.20. The van der Waals surface area contributed by atoms with Crippen molar-refractivity contribution in [3.8, 4) is 11.3 Å². The molecule has 1 heterocycles. The second kappa shape index (κ2) is 5.43. The van der Waals surface area contributed by atoms with Gasteiger partial charge in [0.15, 0.2) is 0 Å². The Bertz CT molecular complexity index is 652. The summed E-state index contributed by atoms with van der Waals surface area (Å²) >= 11 is 0. The van der Waals surface area contributed by atoms with Crippen LogP contribution in [0.4, 0.5) is 10.2 Å². The summed E-state index contributed by atoms with van der Waals surface area (Å²) in [5, 5.41) is 3.10. The van der Waals surface area contributed by atoms with Crippen LogP contribution in [0.3, 0.4) is 0 Å². The van der Waals surface area contributed by atoms with Crippen LogP contribution < -0.4 is 5.32 Å². The maximum absolute atomic E-state index is 13.7. The number of hydrogen-bond donors (Lipinski definition) is 1. The maximum Gasteiger partial charge on any atom is 0.136 e. The van der Waals surface area contributed by atoms with Crippen molar-refractivity contribution in [1.29, 1.82) is 0 Å². The summed E-state index contributed by atoms with van der Waals surface area (Å²) in [6.45, 7) is 10.0. The number of anilines is 1. The van der Waals surface area contributed by atoms with Crippen LogP contribution in [0, 0.1) is 19.7 Å². The molecule has 0 fully saturated rings. The number of aromatic nitrogens is 2. The molecule has 21 heavy (non-hydrogen) atoms. The Hall–Kier alpha value is -1.97. The van der Waals surface area contributed by atoms with Gasteiger partial charge in [0.1, 0.15) is 17.5 Å². The number of nitrogens with one attached hydrogen (secondary N) is 1. The summed E-state index contributed by atoms with van der Waals surface area (Å²) in [7, 11) is 1.84. The maximum atomic E-state index is 13.7. The molecule has 112 valence electrons. The van der Waals surface area contributed by atoms with E-state index in [9.17, 15) is 4.39 Å². The molecule has 0 aliphatic rings.